The number of carbonyl (C=O) groups is 1. The quantitative estimate of drug-likeness (QED) is 0.868. The molecule has 4 heteroatoms. The Morgan fingerprint density at radius 3 is 3.11 bits per heavy atom. The Morgan fingerprint density at radius 1 is 1.42 bits per heavy atom. The van der Waals surface area contributed by atoms with E-state index in [1.807, 2.05) is 12.1 Å². The number of amides is 1. The SMILES string of the molecule is CC1CNCCC1NC(=O)C1CSc2ccccc21. The van der Waals surface area contributed by atoms with E-state index in [4.69, 9.17) is 0 Å². The summed E-state index contributed by atoms with van der Waals surface area (Å²) >= 11 is 1.79. The normalized spacial score (nSPS) is 29.8. The summed E-state index contributed by atoms with van der Waals surface area (Å²) in [4.78, 5) is 13.7. The van der Waals surface area contributed by atoms with Crippen LogP contribution in [0.3, 0.4) is 0 Å². The van der Waals surface area contributed by atoms with Crippen LogP contribution in [0.25, 0.3) is 0 Å². The molecule has 1 aromatic rings. The van der Waals surface area contributed by atoms with Crippen molar-refractivity contribution in [2.45, 2.75) is 30.2 Å². The van der Waals surface area contributed by atoms with Crippen molar-refractivity contribution in [1.82, 2.24) is 10.6 Å². The van der Waals surface area contributed by atoms with Crippen LogP contribution in [0.1, 0.15) is 24.8 Å². The molecule has 2 heterocycles. The topological polar surface area (TPSA) is 41.1 Å². The highest BCUT2D eigenvalue weighted by molar-refractivity contribution is 7.99. The minimum Gasteiger partial charge on any atom is -0.352 e. The monoisotopic (exact) mass is 276 g/mol. The van der Waals surface area contributed by atoms with Gasteiger partial charge in [-0.3, -0.25) is 4.79 Å². The average molecular weight is 276 g/mol. The Kier molecular flexibility index (Phi) is 3.80. The summed E-state index contributed by atoms with van der Waals surface area (Å²) in [6.07, 6.45) is 1.04. The second-order valence-electron chi connectivity index (χ2n) is 5.49. The summed E-state index contributed by atoms with van der Waals surface area (Å²) in [5.74, 6) is 1.63. The van der Waals surface area contributed by atoms with Crippen LogP contribution >= 0.6 is 11.8 Å². The van der Waals surface area contributed by atoms with Crippen molar-refractivity contribution in [2.24, 2.45) is 5.92 Å². The number of benzene rings is 1. The van der Waals surface area contributed by atoms with Gasteiger partial charge in [0.15, 0.2) is 0 Å². The minimum absolute atomic E-state index is 0.0308. The van der Waals surface area contributed by atoms with E-state index in [1.54, 1.807) is 11.8 Å². The maximum Gasteiger partial charge on any atom is 0.228 e. The van der Waals surface area contributed by atoms with E-state index >= 15 is 0 Å². The molecule has 3 nitrogen and oxygen atoms in total. The van der Waals surface area contributed by atoms with Gasteiger partial charge in [0.2, 0.25) is 5.91 Å². The maximum absolute atomic E-state index is 12.5. The molecule has 0 spiro atoms. The number of nitrogens with one attached hydrogen (secondary N) is 2. The zero-order chi connectivity index (χ0) is 13.2. The van der Waals surface area contributed by atoms with Gasteiger partial charge in [-0.05, 0) is 37.1 Å². The highest BCUT2D eigenvalue weighted by Crippen LogP contribution is 2.39. The van der Waals surface area contributed by atoms with E-state index < -0.39 is 0 Å². The molecule has 2 N–H and O–H groups in total. The van der Waals surface area contributed by atoms with Crippen molar-refractivity contribution in [3.63, 3.8) is 0 Å². The van der Waals surface area contributed by atoms with Crippen molar-refractivity contribution in [1.29, 1.82) is 0 Å². The van der Waals surface area contributed by atoms with Crippen molar-refractivity contribution in [2.75, 3.05) is 18.8 Å². The fourth-order valence-corrected chi connectivity index (χ4v) is 4.12. The summed E-state index contributed by atoms with van der Waals surface area (Å²) in [5, 5.41) is 6.63. The van der Waals surface area contributed by atoms with Crippen LogP contribution in [-0.2, 0) is 4.79 Å². The number of rotatable bonds is 2. The maximum atomic E-state index is 12.5. The molecule has 2 aliphatic rings. The third-order valence-electron chi connectivity index (χ3n) is 4.13. The average Bonchev–Trinajstić information content (AvgIpc) is 2.85. The third-order valence-corrected chi connectivity index (χ3v) is 5.31. The first-order valence-corrected chi connectivity index (χ1v) is 7.97. The Hall–Kier alpha value is -1.00. The second-order valence-corrected chi connectivity index (χ2v) is 6.55. The summed E-state index contributed by atoms with van der Waals surface area (Å²) in [7, 11) is 0. The molecule has 0 radical (unpaired) electrons. The van der Waals surface area contributed by atoms with Crippen molar-refractivity contribution >= 4 is 17.7 Å². The second kappa shape index (κ2) is 5.55. The van der Waals surface area contributed by atoms with Gasteiger partial charge in [-0.1, -0.05) is 25.1 Å². The van der Waals surface area contributed by atoms with Gasteiger partial charge in [-0.2, -0.15) is 0 Å². The molecule has 3 atom stereocenters. The Balaban J connectivity index is 1.68. The number of hydrogen-bond acceptors (Lipinski definition) is 3. The third kappa shape index (κ3) is 2.65. The number of carbonyl (C=O) groups excluding carboxylic acids is 1. The van der Waals surface area contributed by atoms with Gasteiger partial charge in [0.1, 0.15) is 0 Å². The molecular weight excluding hydrogens is 256 g/mol. The van der Waals surface area contributed by atoms with Crippen LogP contribution in [-0.4, -0.2) is 30.8 Å². The van der Waals surface area contributed by atoms with E-state index in [2.05, 4.69) is 29.7 Å². The van der Waals surface area contributed by atoms with E-state index in [1.165, 1.54) is 10.5 Å². The number of hydrogen-bond donors (Lipinski definition) is 2. The first kappa shape index (κ1) is 13.0. The molecule has 1 fully saturated rings. The van der Waals surface area contributed by atoms with Gasteiger partial charge in [0, 0.05) is 16.7 Å². The van der Waals surface area contributed by atoms with Crippen LogP contribution in [0.15, 0.2) is 29.2 Å². The molecule has 0 bridgehead atoms. The summed E-state index contributed by atoms with van der Waals surface area (Å²) in [6.45, 7) is 4.21. The Labute approximate surface area is 118 Å². The van der Waals surface area contributed by atoms with Crippen molar-refractivity contribution in [3.05, 3.63) is 29.8 Å². The Bertz CT molecular complexity index is 477. The number of fused-ring (bicyclic) bond motifs is 1. The van der Waals surface area contributed by atoms with Crippen molar-refractivity contribution < 1.29 is 4.79 Å². The number of piperidine rings is 1. The van der Waals surface area contributed by atoms with Crippen LogP contribution in [0, 0.1) is 5.92 Å². The van der Waals surface area contributed by atoms with Gasteiger partial charge in [0.05, 0.1) is 5.92 Å². The molecule has 102 valence electrons. The van der Waals surface area contributed by atoms with Gasteiger partial charge in [-0.15, -0.1) is 11.8 Å². The molecule has 3 unspecified atom stereocenters. The molecule has 0 aromatic heterocycles. The highest BCUT2D eigenvalue weighted by atomic mass is 32.2. The van der Waals surface area contributed by atoms with E-state index in [0.717, 1.165) is 25.3 Å². The summed E-state index contributed by atoms with van der Waals surface area (Å²) < 4.78 is 0. The van der Waals surface area contributed by atoms with Gasteiger partial charge >= 0.3 is 0 Å². The first-order chi connectivity index (χ1) is 9.25. The van der Waals surface area contributed by atoms with Crippen LogP contribution < -0.4 is 10.6 Å². The largest absolute Gasteiger partial charge is 0.352 e. The molecular formula is C15H20N2OS. The van der Waals surface area contributed by atoms with Crippen molar-refractivity contribution in [3.8, 4) is 0 Å². The lowest BCUT2D eigenvalue weighted by molar-refractivity contribution is -0.123. The summed E-state index contributed by atoms with van der Waals surface area (Å²) in [6, 6.07) is 8.59. The molecule has 2 aliphatic heterocycles. The lowest BCUT2D eigenvalue weighted by Crippen LogP contribution is -2.49. The molecule has 3 rings (SSSR count). The fourth-order valence-electron chi connectivity index (χ4n) is 2.89. The summed E-state index contributed by atoms with van der Waals surface area (Å²) in [5.41, 5.74) is 1.20. The smallest absolute Gasteiger partial charge is 0.228 e. The molecule has 1 saturated heterocycles. The lowest BCUT2D eigenvalue weighted by Gasteiger charge is -2.31. The van der Waals surface area contributed by atoms with Gasteiger partial charge < -0.3 is 10.6 Å². The standard InChI is InChI=1S/C15H20N2OS/c1-10-8-16-7-6-13(10)17-15(18)12-9-19-14-5-3-2-4-11(12)14/h2-5,10,12-13,16H,6-9H2,1H3,(H,17,18). The molecule has 1 aromatic carbocycles. The molecule has 19 heavy (non-hydrogen) atoms. The zero-order valence-corrected chi connectivity index (χ0v) is 12.0. The predicted octanol–water partition coefficient (Wildman–Crippen LogP) is 1.99. The van der Waals surface area contributed by atoms with Crippen LogP contribution in [0.5, 0.6) is 0 Å². The van der Waals surface area contributed by atoms with Crippen LogP contribution in [0.2, 0.25) is 0 Å². The minimum atomic E-state index is 0.0308. The van der Waals surface area contributed by atoms with E-state index in [9.17, 15) is 4.79 Å². The van der Waals surface area contributed by atoms with Crippen LogP contribution in [0.4, 0.5) is 0 Å². The first-order valence-electron chi connectivity index (χ1n) is 6.98. The lowest BCUT2D eigenvalue weighted by atomic mass is 9.93. The van der Waals surface area contributed by atoms with E-state index in [-0.39, 0.29) is 11.8 Å². The number of thioether (sulfide) groups is 1. The predicted molar refractivity (Wildman–Crippen MR) is 78.5 cm³/mol. The molecule has 1 amide bonds. The zero-order valence-electron chi connectivity index (χ0n) is 11.2. The molecule has 0 aliphatic carbocycles. The van der Waals surface area contributed by atoms with E-state index in [0.29, 0.717) is 12.0 Å². The van der Waals surface area contributed by atoms with Gasteiger partial charge in [0.25, 0.3) is 0 Å². The molecule has 0 saturated carbocycles. The van der Waals surface area contributed by atoms with Gasteiger partial charge in [-0.25, -0.2) is 0 Å². The fraction of sp³-hybridized carbons (Fsp3) is 0.533. The highest BCUT2D eigenvalue weighted by Gasteiger charge is 2.31. The Morgan fingerprint density at radius 2 is 2.26 bits per heavy atom.